The van der Waals surface area contributed by atoms with E-state index in [0.717, 1.165) is 31.8 Å². The summed E-state index contributed by atoms with van der Waals surface area (Å²) < 4.78 is 6.00. The van der Waals surface area contributed by atoms with E-state index in [-0.39, 0.29) is 0 Å². The first-order chi connectivity index (χ1) is 9.73. The van der Waals surface area contributed by atoms with Crippen molar-refractivity contribution in [2.45, 2.75) is 78.8 Å². The van der Waals surface area contributed by atoms with E-state index in [9.17, 15) is 4.79 Å². The summed E-state index contributed by atoms with van der Waals surface area (Å²) in [5, 5.41) is 0. The molecule has 0 N–H and O–H groups in total. The number of hydrogen-bond acceptors (Lipinski definition) is 2. The zero-order valence-corrected chi connectivity index (χ0v) is 15.6. The highest BCUT2D eigenvalue weighted by Crippen LogP contribution is 2.54. The zero-order chi connectivity index (χ0) is 15.7. The van der Waals surface area contributed by atoms with Gasteiger partial charge in [0.25, 0.3) is 0 Å². The van der Waals surface area contributed by atoms with Crippen molar-refractivity contribution in [2.75, 3.05) is 6.61 Å². The van der Waals surface area contributed by atoms with Crippen LogP contribution in [0.3, 0.4) is 0 Å². The van der Waals surface area contributed by atoms with Gasteiger partial charge in [-0.1, -0.05) is 20.8 Å². The van der Waals surface area contributed by atoms with Crippen LogP contribution in [0.4, 0.5) is 0 Å². The molecule has 2 aliphatic carbocycles. The molecule has 0 saturated heterocycles. The molecule has 2 nitrogen and oxygen atoms in total. The lowest BCUT2D eigenvalue weighted by Crippen LogP contribution is -2.44. The van der Waals surface area contributed by atoms with Gasteiger partial charge in [0.05, 0.1) is 0 Å². The van der Waals surface area contributed by atoms with Crippen molar-refractivity contribution in [3.8, 4) is 0 Å². The first-order valence-electron chi connectivity index (χ1n) is 8.68. The summed E-state index contributed by atoms with van der Waals surface area (Å²) >= 11 is 0. The molecule has 0 heterocycles. The summed E-state index contributed by atoms with van der Waals surface area (Å²) in [5.74, 6) is 1.80. The standard InChI is InChI=1S/C18H33O2Si/c1-17(2,3)14-6-9-18(10-7-14)11-8-16(19)12-15(18)13-20-21(4)5/h14-15H,6-13H2,1-5H3. The molecular formula is C18H33O2Si. The third-order valence-corrected chi connectivity index (χ3v) is 6.77. The molecule has 0 aromatic heterocycles. The molecule has 2 aliphatic rings. The Labute approximate surface area is 132 Å². The third-order valence-electron chi connectivity index (χ3n) is 6.02. The highest BCUT2D eigenvalue weighted by atomic mass is 28.3. The van der Waals surface area contributed by atoms with E-state index in [1.165, 1.54) is 25.7 Å². The Morgan fingerprint density at radius 1 is 1.19 bits per heavy atom. The Kier molecular flexibility index (Phi) is 5.35. The molecule has 3 heteroatoms. The Hall–Kier alpha value is -0.153. The minimum atomic E-state index is -0.650. The van der Waals surface area contributed by atoms with Crippen LogP contribution in [0, 0.1) is 22.7 Å². The van der Waals surface area contributed by atoms with E-state index in [1.54, 1.807) is 0 Å². The quantitative estimate of drug-likeness (QED) is 0.697. The SMILES string of the molecule is C[Si](C)OCC1CC(=O)CCC12CCC(C(C)(C)C)CC2. The van der Waals surface area contributed by atoms with Crippen molar-refractivity contribution >= 4 is 14.8 Å². The predicted molar refractivity (Wildman–Crippen MR) is 89.6 cm³/mol. The van der Waals surface area contributed by atoms with Crippen molar-refractivity contribution in [2.24, 2.45) is 22.7 Å². The minimum absolute atomic E-state index is 0.410. The maximum absolute atomic E-state index is 11.9. The van der Waals surface area contributed by atoms with Crippen LogP contribution in [0.15, 0.2) is 0 Å². The topological polar surface area (TPSA) is 26.3 Å². The maximum Gasteiger partial charge on any atom is 0.204 e. The van der Waals surface area contributed by atoms with Crippen molar-refractivity contribution < 1.29 is 9.22 Å². The molecule has 21 heavy (non-hydrogen) atoms. The lowest BCUT2D eigenvalue weighted by atomic mass is 9.55. The minimum Gasteiger partial charge on any atom is -0.417 e. The van der Waals surface area contributed by atoms with Gasteiger partial charge in [-0.25, -0.2) is 0 Å². The number of rotatable bonds is 3. The van der Waals surface area contributed by atoms with E-state index in [2.05, 4.69) is 33.9 Å². The van der Waals surface area contributed by atoms with Crippen LogP contribution < -0.4 is 0 Å². The fourth-order valence-corrected chi connectivity index (χ4v) is 4.94. The van der Waals surface area contributed by atoms with Crippen LogP contribution >= 0.6 is 0 Å². The third kappa shape index (κ3) is 4.19. The van der Waals surface area contributed by atoms with Crippen LogP contribution in [0.5, 0.6) is 0 Å². The Balaban J connectivity index is 2.03. The maximum atomic E-state index is 11.9. The van der Waals surface area contributed by atoms with E-state index in [1.807, 2.05) is 0 Å². The van der Waals surface area contributed by atoms with Gasteiger partial charge in [0, 0.05) is 19.4 Å². The summed E-state index contributed by atoms with van der Waals surface area (Å²) in [5.41, 5.74) is 0.841. The van der Waals surface area contributed by atoms with Crippen molar-refractivity contribution in [1.82, 2.24) is 0 Å². The molecule has 0 amide bonds. The average Bonchev–Trinajstić information content (AvgIpc) is 2.39. The Bertz CT molecular complexity index is 362. The second kappa shape index (κ2) is 6.53. The van der Waals surface area contributed by atoms with Gasteiger partial charge >= 0.3 is 0 Å². The van der Waals surface area contributed by atoms with Crippen molar-refractivity contribution in [3.63, 3.8) is 0 Å². The molecule has 0 aliphatic heterocycles. The van der Waals surface area contributed by atoms with Crippen LogP contribution in [0.25, 0.3) is 0 Å². The molecule has 0 bridgehead atoms. The van der Waals surface area contributed by atoms with Gasteiger partial charge < -0.3 is 4.43 Å². The first kappa shape index (κ1) is 17.2. The monoisotopic (exact) mass is 309 g/mol. The molecule has 0 aromatic rings. The fraction of sp³-hybridized carbons (Fsp3) is 0.944. The molecule has 2 saturated carbocycles. The highest BCUT2D eigenvalue weighted by molar-refractivity contribution is 6.48. The predicted octanol–water partition coefficient (Wildman–Crippen LogP) is 4.85. The molecule has 2 rings (SSSR count). The van der Waals surface area contributed by atoms with Crippen LogP contribution in [0.2, 0.25) is 13.1 Å². The van der Waals surface area contributed by atoms with E-state index >= 15 is 0 Å². The van der Waals surface area contributed by atoms with Gasteiger partial charge in [0.15, 0.2) is 0 Å². The molecule has 1 atom stereocenters. The van der Waals surface area contributed by atoms with Gasteiger partial charge in [-0.05, 0) is 67.9 Å². The Morgan fingerprint density at radius 3 is 2.33 bits per heavy atom. The van der Waals surface area contributed by atoms with Gasteiger partial charge in [-0.15, -0.1) is 0 Å². The highest BCUT2D eigenvalue weighted by Gasteiger charge is 2.46. The van der Waals surface area contributed by atoms with Crippen LogP contribution in [-0.2, 0) is 9.22 Å². The molecule has 0 aromatic carbocycles. The van der Waals surface area contributed by atoms with Gasteiger partial charge in [-0.3, -0.25) is 4.79 Å². The lowest BCUT2D eigenvalue weighted by Gasteiger charge is -2.50. The first-order valence-corrected chi connectivity index (χ1v) is 11.1. The van der Waals surface area contributed by atoms with E-state index < -0.39 is 9.04 Å². The Morgan fingerprint density at radius 2 is 1.81 bits per heavy atom. The number of carbonyl (C=O) groups excluding carboxylic acids is 1. The van der Waals surface area contributed by atoms with Gasteiger partial charge in [0.2, 0.25) is 9.04 Å². The van der Waals surface area contributed by atoms with Gasteiger partial charge in [0.1, 0.15) is 5.78 Å². The normalized spacial score (nSPS) is 34.7. The number of carbonyl (C=O) groups is 1. The average molecular weight is 310 g/mol. The number of ketones is 1. The molecule has 2 fully saturated rings. The number of Topliss-reactive ketones (excluding diaryl/α,β-unsaturated/α-hetero) is 1. The van der Waals surface area contributed by atoms with E-state index in [0.29, 0.717) is 22.5 Å². The van der Waals surface area contributed by atoms with Gasteiger partial charge in [-0.2, -0.15) is 0 Å². The molecule has 121 valence electrons. The largest absolute Gasteiger partial charge is 0.417 e. The summed E-state index contributed by atoms with van der Waals surface area (Å²) in [6.45, 7) is 12.3. The van der Waals surface area contributed by atoms with Crippen molar-refractivity contribution in [3.05, 3.63) is 0 Å². The molecular weight excluding hydrogens is 276 g/mol. The number of hydrogen-bond donors (Lipinski definition) is 0. The van der Waals surface area contributed by atoms with Crippen LogP contribution in [0.1, 0.15) is 65.7 Å². The summed E-state index contributed by atoms with van der Waals surface area (Å²) in [6, 6.07) is 0. The smallest absolute Gasteiger partial charge is 0.204 e. The second-order valence-corrected chi connectivity index (χ2v) is 10.8. The molecule has 1 radical (unpaired) electrons. The molecule has 1 spiro atoms. The second-order valence-electron chi connectivity index (χ2n) is 8.66. The van der Waals surface area contributed by atoms with E-state index in [4.69, 9.17) is 4.43 Å². The fourth-order valence-electron chi connectivity index (χ4n) is 4.41. The van der Waals surface area contributed by atoms with Crippen molar-refractivity contribution in [1.29, 1.82) is 0 Å². The summed E-state index contributed by atoms with van der Waals surface area (Å²) in [7, 11) is -0.650. The summed E-state index contributed by atoms with van der Waals surface area (Å²) in [4.78, 5) is 11.9. The molecule has 1 unspecified atom stereocenters. The summed E-state index contributed by atoms with van der Waals surface area (Å²) in [6.07, 6.45) is 8.00. The van der Waals surface area contributed by atoms with Crippen LogP contribution in [-0.4, -0.2) is 21.4 Å². The zero-order valence-electron chi connectivity index (χ0n) is 14.6. The lowest BCUT2D eigenvalue weighted by molar-refractivity contribution is -0.128.